The average Bonchev–Trinajstić information content (AvgIpc) is 2.57. The van der Waals surface area contributed by atoms with Crippen molar-refractivity contribution >= 4 is 22.6 Å². The van der Waals surface area contributed by atoms with Crippen LogP contribution >= 0.6 is 0 Å². The number of methoxy groups -OCH3 is 1. The summed E-state index contributed by atoms with van der Waals surface area (Å²) in [7, 11) is 1.22. The molecule has 5 nitrogen and oxygen atoms in total. The number of halogens is 1. The summed E-state index contributed by atoms with van der Waals surface area (Å²) in [6.45, 7) is 3.21. The summed E-state index contributed by atoms with van der Waals surface area (Å²) in [6, 6.07) is 7.25. The Hall–Kier alpha value is -2.63. The fraction of sp³-hybridized carbons (Fsp3) is 0.294. The van der Waals surface area contributed by atoms with Crippen molar-refractivity contribution in [3.63, 3.8) is 0 Å². The molecule has 2 aromatic carbocycles. The van der Waals surface area contributed by atoms with E-state index in [-0.39, 0.29) is 28.5 Å². The van der Waals surface area contributed by atoms with Gasteiger partial charge in [0.2, 0.25) is 0 Å². The number of phenols is 1. The fourth-order valence-electron chi connectivity index (χ4n) is 2.32. The van der Waals surface area contributed by atoms with Crippen LogP contribution in [0.1, 0.15) is 30.6 Å². The first kappa shape index (κ1) is 16.7. The molecule has 122 valence electrons. The van der Waals surface area contributed by atoms with Gasteiger partial charge in [-0.1, -0.05) is 31.2 Å². The molecule has 0 radical (unpaired) electrons. The highest BCUT2D eigenvalue weighted by atomic mass is 19.1. The lowest BCUT2D eigenvalue weighted by atomic mass is 9.97. The SMILES string of the molecule is CCC(C)(NC(=O)c1cc(F)c2ccccc2c1O)C(=O)OC. The van der Waals surface area contributed by atoms with Gasteiger partial charge in [-0.25, -0.2) is 9.18 Å². The van der Waals surface area contributed by atoms with Gasteiger partial charge >= 0.3 is 5.97 Å². The van der Waals surface area contributed by atoms with Gasteiger partial charge < -0.3 is 15.2 Å². The molecule has 0 aliphatic heterocycles. The highest BCUT2D eigenvalue weighted by Gasteiger charge is 2.35. The number of amides is 1. The number of carbonyl (C=O) groups is 2. The van der Waals surface area contributed by atoms with Gasteiger partial charge in [0.05, 0.1) is 12.7 Å². The number of aromatic hydroxyl groups is 1. The summed E-state index contributed by atoms with van der Waals surface area (Å²) in [5.74, 6) is -2.32. The Kier molecular flexibility index (Phi) is 4.54. The first-order valence-corrected chi connectivity index (χ1v) is 7.15. The van der Waals surface area contributed by atoms with Gasteiger partial charge in [0.15, 0.2) is 0 Å². The van der Waals surface area contributed by atoms with Gasteiger partial charge in [0.1, 0.15) is 17.1 Å². The summed E-state index contributed by atoms with van der Waals surface area (Å²) < 4.78 is 18.8. The molecule has 2 aromatic rings. The average molecular weight is 319 g/mol. The van der Waals surface area contributed by atoms with Crippen LogP contribution in [0.25, 0.3) is 10.8 Å². The zero-order valence-corrected chi connectivity index (χ0v) is 13.1. The Bertz CT molecular complexity index is 775. The largest absolute Gasteiger partial charge is 0.506 e. The van der Waals surface area contributed by atoms with Crippen molar-refractivity contribution in [1.29, 1.82) is 0 Å². The topological polar surface area (TPSA) is 75.6 Å². The van der Waals surface area contributed by atoms with Crippen molar-refractivity contribution in [3.05, 3.63) is 41.7 Å². The molecule has 2 N–H and O–H groups in total. The molecule has 0 saturated carbocycles. The van der Waals surface area contributed by atoms with Gasteiger partial charge in [0.25, 0.3) is 5.91 Å². The van der Waals surface area contributed by atoms with Crippen molar-refractivity contribution in [2.75, 3.05) is 7.11 Å². The van der Waals surface area contributed by atoms with Crippen LogP contribution in [-0.4, -0.2) is 29.6 Å². The van der Waals surface area contributed by atoms with E-state index >= 15 is 0 Å². The highest BCUT2D eigenvalue weighted by Crippen LogP contribution is 2.31. The van der Waals surface area contributed by atoms with Gasteiger partial charge in [0, 0.05) is 10.8 Å². The van der Waals surface area contributed by atoms with Gasteiger partial charge in [-0.3, -0.25) is 4.79 Å². The predicted molar refractivity (Wildman–Crippen MR) is 83.7 cm³/mol. The van der Waals surface area contributed by atoms with Crippen LogP contribution < -0.4 is 5.32 Å². The van der Waals surface area contributed by atoms with E-state index < -0.39 is 23.2 Å². The number of hydrogen-bond acceptors (Lipinski definition) is 4. The highest BCUT2D eigenvalue weighted by molar-refractivity contribution is 6.05. The van der Waals surface area contributed by atoms with E-state index in [4.69, 9.17) is 0 Å². The molecule has 1 unspecified atom stereocenters. The maximum atomic E-state index is 14.1. The first-order valence-electron chi connectivity index (χ1n) is 7.15. The molecule has 0 heterocycles. The fourth-order valence-corrected chi connectivity index (χ4v) is 2.32. The minimum Gasteiger partial charge on any atom is -0.506 e. The number of nitrogens with one attached hydrogen (secondary N) is 1. The molecule has 0 aliphatic rings. The van der Waals surface area contributed by atoms with E-state index in [1.54, 1.807) is 19.1 Å². The van der Waals surface area contributed by atoms with E-state index in [0.29, 0.717) is 0 Å². The zero-order valence-electron chi connectivity index (χ0n) is 13.1. The minimum absolute atomic E-state index is 0.216. The quantitative estimate of drug-likeness (QED) is 0.850. The summed E-state index contributed by atoms with van der Waals surface area (Å²) >= 11 is 0. The smallest absolute Gasteiger partial charge is 0.331 e. The molecule has 1 amide bonds. The molecule has 0 spiro atoms. The van der Waals surface area contributed by atoms with Crippen LogP contribution in [0.15, 0.2) is 30.3 Å². The van der Waals surface area contributed by atoms with Crippen LogP contribution in [0.3, 0.4) is 0 Å². The van der Waals surface area contributed by atoms with Crippen LogP contribution in [0.2, 0.25) is 0 Å². The number of rotatable bonds is 4. The predicted octanol–water partition coefficient (Wildman–Crippen LogP) is 2.76. The number of esters is 1. The number of carbonyl (C=O) groups excluding carboxylic acids is 2. The summed E-state index contributed by atoms with van der Waals surface area (Å²) in [4.78, 5) is 24.2. The lowest BCUT2D eigenvalue weighted by Crippen LogP contribution is -2.52. The molecule has 0 fully saturated rings. The second kappa shape index (κ2) is 6.24. The number of ether oxygens (including phenoxy) is 1. The number of phenolic OH excluding ortho intramolecular Hbond substituents is 1. The van der Waals surface area contributed by atoms with E-state index in [9.17, 15) is 19.1 Å². The molecule has 2 rings (SSSR count). The van der Waals surface area contributed by atoms with E-state index in [2.05, 4.69) is 10.1 Å². The second-order valence-electron chi connectivity index (χ2n) is 5.43. The number of hydrogen-bond donors (Lipinski definition) is 2. The maximum absolute atomic E-state index is 14.1. The molecular weight excluding hydrogens is 301 g/mol. The van der Waals surface area contributed by atoms with Crippen LogP contribution in [-0.2, 0) is 9.53 Å². The van der Waals surface area contributed by atoms with E-state index in [0.717, 1.165) is 6.07 Å². The Morgan fingerprint density at radius 1 is 1.30 bits per heavy atom. The van der Waals surface area contributed by atoms with E-state index in [1.165, 1.54) is 26.2 Å². The van der Waals surface area contributed by atoms with Crippen molar-refractivity contribution in [3.8, 4) is 5.75 Å². The number of fused-ring (bicyclic) bond motifs is 1. The molecule has 6 heteroatoms. The molecule has 23 heavy (non-hydrogen) atoms. The monoisotopic (exact) mass is 319 g/mol. The Morgan fingerprint density at radius 2 is 1.91 bits per heavy atom. The van der Waals surface area contributed by atoms with Gasteiger partial charge in [-0.15, -0.1) is 0 Å². The second-order valence-corrected chi connectivity index (χ2v) is 5.43. The maximum Gasteiger partial charge on any atom is 0.331 e. The summed E-state index contributed by atoms with van der Waals surface area (Å²) in [6.07, 6.45) is 0.280. The Balaban J connectivity index is 2.46. The van der Waals surface area contributed by atoms with Crippen molar-refractivity contribution < 1.29 is 23.8 Å². The van der Waals surface area contributed by atoms with Gasteiger partial charge in [-0.2, -0.15) is 0 Å². The van der Waals surface area contributed by atoms with Crippen LogP contribution in [0.5, 0.6) is 5.75 Å². The standard InChI is InChI=1S/C17H18FNO4/c1-4-17(2,16(22)23-3)19-15(21)12-9-13(18)10-7-5-6-8-11(10)14(12)20/h5-9,20H,4H2,1-3H3,(H,19,21). The normalized spacial score (nSPS) is 13.4. The van der Waals surface area contributed by atoms with Crippen molar-refractivity contribution in [2.24, 2.45) is 0 Å². The van der Waals surface area contributed by atoms with Crippen LogP contribution in [0.4, 0.5) is 4.39 Å². The minimum atomic E-state index is -1.26. The van der Waals surface area contributed by atoms with Crippen LogP contribution in [0, 0.1) is 5.82 Å². The lowest BCUT2D eigenvalue weighted by molar-refractivity contribution is -0.147. The molecule has 0 aromatic heterocycles. The van der Waals surface area contributed by atoms with Crippen molar-refractivity contribution in [2.45, 2.75) is 25.8 Å². The Labute approximate surface area is 133 Å². The summed E-state index contributed by atoms with van der Waals surface area (Å²) in [5, 5.41) is 13.2. The number of benzene rings is 2. The molecular formula is C17H18FNO4. The Morgan fingerprint density at radius 3 is 2.48 bits per heavy atom. The zero-order chi connectivity index (χ0) is 17.2. The summed E-state index contributed by atoms with van der Waals surface area (Å²) in [5.41, 5.74) is -1.50. The lowest BCUT2D eigenvalue weighted by Gasteiger charge is -2.26. The van der Waals surface area contributed by atoms with Gasteiger partial charge in [-0.05, 0) is 19.4 Å². The van der Waals surface area contributed by atoms with Crippen molar-refractivity contribution in [1.82, 2.24) is 5.32 Å². The van der Waals surface area contributed by atoms with E-state index in [1.807, 2.05) is 0 Å². The third-order valence-electron chi connectivity index (χ3n) is 3.94. The third kappa shape index (κ3) is 2.97. The molecule has 0 saturated heterocycles. The molecule has 0 aliphatic carbocycles. The molecule has 1 atom stereocenters. The molecule has 0 bridgehead atoms. The third-order valence-corrected chi connectivity index (χ3v) is 3.94. The first-order chi connectivity index (χ1) is 10.8.